The van der Waals surface area contributed by atoms with Gasteiger partial charge in [0.1, 0.15) is 17.0 Å². The van der Waals surface area contributed by atoms with Crippen molar-refractivity contribution >= 4 is 39.7 Å². The third kappa shape index (κ3) is 3.95. The molecule has 0 bridgehead atoms. The van der Waals surface area contributed by atoms with Crippen molar-refractivity contribution in [3.05, 3.63) is 41.1 Å². The topological polar surface area (TPSA) is 83.5 Å². The highest BCUT2D eigenvalue weighted by atomic mass is 32.1. The molecule has 0 aliphatic carbocycles. The Morgan fingerprint density at radius 1 is 1.17 bits per heavy atom. The quantitative estimate of drug-likeness (QED) is 0.688. The molecule has 1 aromatic carbocycles. The molecule has 8 nitrogen and oxygen atoms in total. The van der Waals surface area contributed by atoms with E-state index in [9.17, 15) is 4.79 Å². The van der Waals surface area contributed by atoms with E-state index in [-0.39, 0.29) is 11.9 Å². The highest BCUT2D eigenvalue weighted by molar-refractivity contribution is 7.11. The molecule has 1 atom stereocenters. The third-order valence-electron chi connectivity index (χ3n) is 5.69. The molecule has 9 heteroatoms. The molecule has 3 aromatic rings. The van der Waals surface area contributed by atoms with E-state index in [0.717, 1.165) is 69.0 Å². The molecular formula is C21H24N6O2S. The number of piperidine rings is 1. The number of nitrogens with one attached hydrogen (secondary N) is 1. The van der Waals surface area contributed by atoms with Crippen molar-refractivity contribution in [2.75, 3.05) is 49.2 Å². The highest BCUT2D eigenvalue weighted by Crippen LogP contribution is 2.29. The van der Waals surface area contributed by atoms with Crippen LogP contribution in [-0.4, -0.2) is 66.3 Å². The maximum Gasteiger partial charge on any atom is 0.263 e. The predicted octanol–water partition coefficient (Wildman–Crippen LogP) is 2.32. The van der Waals surface area contributed by atoms with Crippen molar-refractivity contribution in [1.29, 1.82) is 0 Å². The Bertz CT molecular complexity index is 1020. The number of morpholine rings is 1. The minimum atomic E-state index is -0.0490. The van der Waals surface area contributed by atoms with Crippen LogP contribution in [0.15, 0.2) is 36.2 Å². The molecule has 4 heterocycles. The number of thiazole rings is 1. The lowest BCUT2D eigenvalue weighted by atomic mass is 10.0. The summed E-state index contributed by atoms with van der Waals surface area (Å²) in [5.74, 6) is 0.886. The molecule has 5 rings (SSSR count). The fourth-order valence-corrected chi connectivity index (χ4v) is 4.70. The molecular weight excluding hydrogens is 400 g/mol. The lowest BCUT2D eigenvalue weighted by Gasteiger charge is -2.34. The van der Waals surface area contributed by atoms with Gasteiger partial charge in [0.25, 0.3) is 5.91 Å². The number of amides is 1. The van der Waals surface area contributed by atoms with Gasteiger partial charge in [-0.1, -0.05) is 0 Å². The molecule has 2 saturated heterocycles. The zero-order valence-electron chi connectivity index (χ0n) is 16.7. The molecule has 2 aliphatic heterocycles. The van der Waals surface area contributed by atoms with E-state index in [1.165, 1.54) is 17.0 Å². The number of aromatic nitrogens is 3. The standard InChI is InChI=1S/C21H24N6O2S/c28-21(19-11-22-14-30-19)25-15-2-1-5-27(12-15)20-17-4-3-16(10-18(17)23-13-24-20)26-6-8-29-9-7-26/h3-4,10-11,13-15H,1-2,5-9,12H2,(H,25,28). The van der Waals surface area contributed by atoms with Crippen LogP contribution in [0.4, 0.5) is 11.5 Å². The molecule has 0 spiro atoms. The lowest BCUT2D eigenvalue weighted by molar-refractivity contribution is 0.0937. The largest absolute Gasteiger partial charge is 0.378 e. The van der Waals surface area contributed by atoms with Crippen LogP contribution >= 0.6 is 11.3 Å². The number of hydrogen-bond donors (Lipinski definition) is 1. The number of hydrogen-bond acceptors (Lipinski definition) is 8. The maximum absolute atomic E-state index is 12.4. The first-order valence-corrected chi connectivity index (χ1v) is 11.2. The van der Waals surface area contributed by atoms with E-state index in [4.69, 9.17) is 4.74 Å². The van der Waals surface area contributed by atoms with Gasteiger partial charge in [0.2, 0.25) is 0 Å². The number of nitrogens with zero attached hydrogens (tertiary/aromatic N) is 5. The summed E-state index contributed by atoms with van der Waals surface area (Å²) < 4.78 is 5.46. The van der Waals surface area contributed by atoms with Crippen LogP contribution in [0, 0.1) is 0 Å². The molecule has 2 aromatic heterocycles. The Morgan fingerprint density at radius 3 is 2.90 bits per heavy atom. The normalized spacial score (nSPS) is 19.8. The average molecular weight is 425 g/mol. The van der Waals surface area contributed by atoms with Crippen molar-refractivity contribution in [3.63, 3.8) is 0 Å². The molecule has 1 N–H and O–H groups in total. The summed E-state index contributed by atoms with van der Waals surface area (Å²) in [7, 11) is 0. The van der Waals surface area contributed by atoms with Gasteiger partial charge >= 0.3 is 0 Å². The van der Waals surface area contributed by atoms with E-state index in [2.05, 4.69) is 48.3 Å². The Balaban J connectivity index is 1.35. The fraction of sp³-hybridized carbons (Fsp3) is 0.429. The van der Waals surface area contributed by atoms with E-state index in [0.29, 0.717) is 4.88 Å². The van der Waals surface area contributed by atoms with Crippen LogP contribution in [0.1, 0.15) is 22.5 Å². The van der Waals surface area contributed by atoms with Gasteiger partial charge in [0.05, 0.1) is 30.4 Å². The van der Waals surface area contributed by atoms with Gasteiger partial charge in [0.15, 0.2) is 0 Å². The van der Waals surface area contributed by atoms with Gasteiger partial charge in [-0.25, -0.2) is 9.97 Å². The summed E-state index contributed by atoms with van der Waals surface area (Å²) >= 11 is 1.36. The number of fused-ring (bicyclic) bond motifs is 1. The van der Waals surface area contributed by atoms with Gasteiger partial charge in [0, 0.05) is 43.3 Å². The Morgan fingerprint density at radius 2 is 2.07 bits per heavy atom. The highest BCUT2D eigenvalue weighted by Gasteiger charge is 2.24. The van der Waals surface area contributed by atoms with Crippen LogP contribution in [0.2, 0.25) is 0 Å². The van der Waals surface area contributed by atoms with Crippen LogP contribution in [0.3, 0.4) is 0 Å². The van der Waals surface area contributed by atoms with Crippen LogP contribution < -0.4 is 15.1 Å². The molecule has 2 aliphatic rings. The predicted molar refractivity (Wildman–Crippen MR) is 117 cm³/mol. The second kappa shape index (κ2) is 8.53. The first kappa shape index (κ1) is 19.2. The van der Waals surface area contributed by atoms with Crippen LogP contribution in [-0.2, 0) is 4.74 Å². The van der Waals surface area contributed by atoms with E-state index < -0.39 is 0 Å². The summed E-state index contributed by atoms with van der Waals surface area (Å²) in [5, 5.41) is 4.19. The summed E-state index contributed by atoms with van der Waals surface area (Å²) in [6, 6.07) is 6.49. The van der Waals surface area contributed by atoms with Gasteiger partial charge < -0.3 is 19.9 Å². The number of anilines is 2. The summed E-state index contributed by atoms with van der Waals surface area (Å²) in [5.41, 5.74) is 3.80. The van der Waals surface area contributed by atoms with E-state index in [1.807, 2.05) is 0 Å². The van der Waals surface area contributed by atoms with Crippen LogP contribution in [0.25, 0.3) is 10.9 Å². The SMILES string of the molecule is O=C(NC1CCCN(c2ncnc3cc(N4CCOCC4)ccc23)C1)c1cncs1. The number of ether oxygens (including phenoxy) is 1. The zero-order valence-corrected chi connectivity index (χ0v) is 17.5. The van der Waals surface area contributed by atoms with Crippen molar-refractivity contribution in [3.8, 4) is 0 Å². The molecule has 30 heavy (non-hydrogen) atoms. The first-order valence-electron chi connectivity index (χ1n) is 10.3. The van der Waals surface area contributed by atoms with Gasteiger partial charge in [-0.15, -0.1) is 11.3 Å². The van der Waals surface area contributed by atoms with Gasteiger partial charge in [-0.05, 0) is 31.0 Å². The monoisotopic (exact) mass is 424 g/mol. The summed E-state index contributed by atoms with van der Waals surface area (Å²) in [4.78, 5) is 30.8. The third-order valence-corrected chi connectivity index (χ3v) is 6.46. The second-order valence-corrected chi connectivity index (χ2v) is 8.51. The number of carbonyl (C=O) groups excluding carboxylic acids is 1. The Kier molecular flexibility index (Phi) is 5.46. The molecule has 1 amide bonds. The molecule has 0 radical (unpaired) electrons. The minimum absolute atomic E-state index is 0.0490. The second-order valence-electron chi connectivity index (χ2n) is 7.62. The van der Waals surface area contributed by atoms with Gasteiger partial charge in [-0.2, -0.15) is 0 Å². The van der Waals surface area contributed by atoms with Crippen molar-refractivity contribution in [2.24, 2.45) is 0 Å². The van der Waals surface area contributed by atoms with Crippen molar-refractivity contribution in [1.82, 2.24) is 20.3 Å². The summed E-state index contributed by atoms with van der Waals surface area (Å²) in [6.45, 7) is 4.98. The number of rotatable bonds is 4. The average Bonchev–Trinajstić information content (AvgIpc) is 3.34. The summed E-state index contributed by atoms with van der Waals surface area (Å²) in [6.07, 6.45) is 5.22. The Hall–Kier alpha value is -2.78. The van der Waals surface area contributed by atoms with Crippen molar-refractivity contribution in [2.45, 2.75) is 18.9 Å². The van der Waals surface area contributed by atoms with Crippen molar-refractivity contribution < 1.29 is 9.53 Å². The maximum atomic E-state index is 12.4. The number of carbonyl (C=O) groups is 1. The first-order chi connectivity index (χ1) is 14.8. The fourth-order valence-electron chi connectivity index (χ4n) is 4.17. The molecule has 1 unspecified atom stereocenters. The minimum Gasteiger partial charge on any atom is -0.378 e. The Labute approximate surface area is 178 Å². The van der Waals surface area contributed by atoms with Gasteiger partial charge in [-0.3, -0.25) is 9.78 Å². The van der Waals surface area contributed by atoms with Crippen LogP contribution in [0.5, 0.6) is 0 Å². The molecule has 0 saturated carbocycles. The van der Waals surface area contributed by atoms with E-state index >= 15 is 0 Å². The smallest absolute Gasteiger partial charge is 0.263 e. The molecule has 2 fully saturated rings. The molecule has 156 valence electrons. The lowest BCUT2D eigenvalue weighted by Crippen LogP contribution is -2.48. The zero-order chi connectivity index (χ0) is 20.3. The number of benzene rings is 1. The van der Waals surface area contributed by atoms with E-state index in [1.54, 1.807) is 18.0 Å².